The highest BCUT2D eigenvalue weighted by Crippen LogP contribution is 2.35. The topological polar surface area (TPSA) is 52.0 Å². The molecule has 0 aromatic heterocycles. The first-order chi connectivity index (χ1) is 9.02. The summed E-state index contributed by atoms with van der Waals surface area (Å²) in [6, 6.07) is 12.5. The summed E-state index contributed by atoms with van der Waals surface area (Å²) in [5.74, 6) is 0.265. The van der Waals surface area contributed by atoms with Crippen LogP contribution in [0.4, 0.5) is 11.4 Å². The van der Waals surface area contributed by atoms with Crippen molar-refractivity contribution in [3.63, 3.8) is 0 Å². The lowest BCUT2D eigenvalue weighted by Gasteiger charge is -2.20. The van der Waals surface area contributed by atoms with E-state index in [2.05, 4.69) is 45.0 Å². The van der Waals surface area contributed by atoms with E-state index in [1.807, 2.05) is 12.1 Å². The second-order valence-corrected chi connectivity index (χ2v) is 5.23. The maximum atomic E-state index is 6.17. The molecule has 19 heavy (non-hydrogen) atoms. The first kappa shape index (κ1) is 13.5. The van der Waals surface area contributed by atoms with Crippen molar-refractivity contribution >= 4 is 11.4 Å². The monoisotopic (exact) mass is 254 g/mol. The van der Waals surface area contributed by atoms with Crippen LogP contribution in [-0.2, 0) is 0 Å². The average Bonchev–Trinajstić information content (AvgIpc) is 2.34. The largest absolute Gasteiger partial charge is 0.398 e. The van der Waals surface area contributed by atoms with Gasteiger partial charge >= 0.3 is 0 Å². The lowest BCUT2D eigenvalue weighted by Crippen LogP contribution is -2.07. The molecule has 0 atom stereocenters. The summed E-state index contributed by atoms with van der Waals surface area (Å²) in [6.07, 6.45) is 0.987. The Morgan fingerprint density at radius 3 is 1.58 bits per heavy atom. The molecule has 0 bridgehead atoms. The fourth-order valence-corrected chi connectivity index (χ4v) is 2.63. The quantitative estimate of drug-likeness (QED) is 0.813. The summed E-state index contributed by atoms with van der Waals surface area (Å²) < 4.78 is 0. The molecule has 0 saturated heterocycles. The molecule has 0 aliphatic heterocycles. The van der Waals surface area contributed by atoms with Gasteiger partial charge in [-0.3, -0.25) is 0 Å². The predicted octanol–water partition coefficient (Wildman–Crippen LogP) is 4.01. The minimum atomic E-state index is 0.265. The number of nitrogens with two attached hydrogens (primary N) is 2. The Morgan fingerprint density at radius 2 is 1.26 bits per heavy atom. The van der Waals surface area contributed by atoms with Gasteiger partial charge in [0.2, 0.25) is 0 Å². The molecule has 0 amide bonds. The van der Waals surface area contributed by atoms with Crippen LogP contribution in [0.3, 0.4) is 0 Å². The van der Waals surface area contributed by atoms with Crippen molar-refractivity contribution in [2.75, 3.05) is 11.5 Å². The second-order valence-electron chi connectivity index (χ2n) is 5.23. The third-order valence-corrected chi connectivity index (χ3v) is 3.64. The van der Waals surface area contributed by atoms with E-state index >= 15 is 0 Å². The van der Waals surface area contributed by atoms with Gasteiger partial charge in [-0.25, -0.2) is 0 Å². The van der Waals surface area contributed by atoms with Crippen molar-refractivity contribution in [1.29, 1.82) is 0 Å². The first-order valence-electron chi connectivity index (χ1n) is 6.75. The molecular weight excluding hydrogens is 232 g/mol. The van der Waals surface area contributed by atoms with E-state index in [0.717, 1.165) is 17.8 Å². The standard InChI is InChI=1S/C17H22N2/c1-4-13(14-7-5-11(2)9-16(14)18)15-8-6-12(3)10-17(15)19/h5-10,13H,4,18-19H2,1-3H3. The Hall–Kier alpha value is -1.96. The predicted molar refractivity (Wildman–Crippen MR) is 83.3 cm³/mol. The zero-order valence-corrected chi connectivity index (χ0v) is 11.9. The number of nitrogen functional groups attached to an aromatic ring is 2. The fourth-order valence-electron chi connectivity index (χ4n) is 2.63. The van der Waals surface area contributed by atoms with Crippen molar-refractivity contribution in [2.45, 2.75) is 33.1 Å². The van der Waals surface area contributed by atoms with Gasteiger partial charge in [-0.2, -0.15) is 0 Å². The van der Waals surface area contributed by atoms with Crippen LogP contribution in [0.5, 0.6) is 0 Å². The Kier molecular flexibility index (Phi) is 3.79. The molecule has 0 spiro atoms. The lowest BCUT2D eigenvalue weighted by atomic mass is 9.86. The minimum absolute atomic E-state index is 0.265. The van der Waals surface area contributed by atoms with Crippen molar-refractivity contribution in [1.82, 2.24) is 0 Å². The molecular formula is C17H22N2. The van der Waals surface area contributed by atoms with Crippen LogP contribution in [0.2, 0.25) is 0 Å². The van der Waals surface area contributed by atoms with Crippen molar-refractivity contribution in [3.8, 4) is 0 Å². The smallest absolute Gasteiger partial charge is 0.0355 e. The molecule has 0 radical (unpaired) electrons. The summed E-state index contributed by atoms with van der Waals surface area (Å²) >= 11 is 0. The maximum Gasteiger partial charge on any atom is 0.0355 e. The summed E-state index contributed by atoms with van der Waals surface area (Å²) in [5.41, 5.74) is 18.8. The maximum absolute atomic E-state index is 6.17. The molecule has 4 N–H and O–H groups in total. The second kappa shape index (κ2) is 5.35. The van der Waals surface area contributed by atoms with E-state index in [4.69, 9.17) is 11.5 Å². The molecule has 2 rings (SSSR count). The van der Waals surface area contributed by atoms with Crippen LogP contribution >= 0.6 is 0 Å². The lowest BCUT2D eigenvalue weighted by molar-refractivity contribution is 0.781. The molecule has 0 unspecified atom stereocenters. The number of hydrogen-bond acceptors (Lipinski definition) is 2. The van der Waals surface area contributed by atoms with E-state index in [-0.39, 0.29) is 5.92 Å². The number of anilines is 2. The molecule has 2 aromatic carbocycles. The van der Waals surface area contributed by atoms with Crippen LogP contribution in [-0.4, -0.2) is 0 Å². The highest BCUT2D eigenvalue weighted by Gasteiger charge is 2.17. The van der Waals surface area contributed by atoms with Crippen LogP contribution in [0, 0.1) is 13.8 Å². The Labute approximate surface area is 115 Å². The average molecular weight is 254 g/mol. The van der Waals surface area contributed by atoms with Gasteiger partial charge in [0.25, 0.3) is 0 Å². The summed E-state index contributed by atoms with van der Waals surface area (Å²) in [7, 11) is 0. The van der Waals surface area contributed by atoms with E-state index in [9.17, 15) is 0 Å². The van der Waals surface area contributed by atoms with E-state index in [1.54, 1.807) is 0 Å². The highest BCUT2D eigenvalue weighted by molar-refractivity contribution is 5.59. The summed E-state index contributed by atoms with van der Waals surface area (Å²) in [4.78, 5) is 0. The normalized spacial score (nSPS) is 10.9. The molecule has 0 aliphatic carbocycles. The summed E-state index contributed by atoms with van der Waals surface area (Å²) in [6.45, 7) is 6.28. The van der Waals surface area contributed by atoms with Gasteiger partial charge in [-0.1, -0.05) is 31.2 Å². The van der Waals surface area contributed by atoms with E-state index < -0.39 is 0 Å². The van der Waals surface area contributed by atoms with Gasteiger partial charge in [-0.05, 0) is 54.7 Å². The van der Waals surface area contributed by atoms with Gasteiger partial charge < -0.3 is 11.5 Å². The number of hydrogen-bond donors (Lipinski definition) is 2. The zero-order valence-electron chi connectivity index (χ0n) is 11.9. The van der Waals surface area contributed by atoms with Crippen LogP contribution < -0.4 is 11.5 Å². The number of benzene rings is 2. The van der Waals surface area contributed by atoms with Gasteiger partial charge in [0, 0.05) is 17.3 Å². The number of aryl methyl sites for hydroxylation is 2. The number of rotatable bonds is 3. The van der Waals surface area contributed by atoms with Gasteiger partial charge in [0.1, 0.15) is 0 Å². The molecule has 2 nitrogen and oxygen atoms in total. The Balaban J connectivity index is 2.50. The molecule has 2 aromatic rings. The Morgan fingerprint density at radius 1 is 0.842 bits per heavy atom. The SMILES string of the molecule is CCC(c1ccc(C)cc1N)c1ccc(C)cc1N. The molecule has 0 saturated carbocycles. The van der Waals surface area contributed by atoms with E-state index in [0.29, 0.717) is 0 Å². The van der Waals surface area contributed by atoms with Crippen LogP contribution in [0.15, 0.2) is 36.4 Å². The molecule has 0 fully saturated rings. The van der Waals surface area contributed by atoms with Crippen molar-refractivity contribution < 1.29 is 0 Å². The van der Waals surface area contributed by atoms with Crippen LogP contribution in [0.25, 0.3) is 0 Å². The molecule has 2 heteroatoms. The minimum Gasteiger partial charge on any atom is -0.398 e. The van der Waals surface area contributed by atoms with E-state index in [1.165, 1.54) is 22.3 Å². The van der Waals surface area contributed by atoms with Crippen LogP contribution in [0.1, 0.15) is 41.5 Å². The van der Waals surface area contributed by atoms with Gasteiger partial charge in [0.15, 0.2) is 0 Å². The van der Waals surface area contributed by atoms with Crippen molar-refractivity contribution in [3.05, 3.63) is 58.7 Å². The highest BCUT2D eigenvalue weighted by atomic mass is 14.6. The van der Waals surface area contributed by atoms with Crippen molar-refractivity contribution in [2.24, 2.45) is 0 Å². The molecule has 100 valence electrons. The molecule has 0 aliphatic rings. The van der Waals surface area contributed by atoms with Gasteiger partial charge in [0.05, 0.1) is 0 Å². The summed E-state index contributed by atoms with van der Waals surface area (Å²) in [5, 5.41) is 0. The zero-order chi connectivity index (χ0) is 14.0. The first-order valence-corrected chi connectivity index (χ1v) is 6.75. The van der Waals surface area contributed by atoms with Gasteiger partial charge in [-0.15, -0.1) is 0 Å². The fraction of sp³-hybridized carbons (Fsp3) is 0.294. The molecule has 0 heterocycles. The third-order valence-electron chi connectivity index (χ3n) is 3.64. The Bertz CT molecular complexity index is 536. The third kappa shape index (κ3) is 2.73.